The third-order valence-electron chi connectivity index (χ3n) is 4.73. The molecule has 0 unspecified atom stereocenters. The number of benzene rings is 1. The molecule has 2 aromatic rings. The molecule has 1 saturated carbocycles. The van der Waals surface area contributed by atoms with Crippen molar-refractivity contribution in [2.45, 2.75) is 65.3 Å². The van der Waals surface area contributed by atoms with E-state index in [4.69, 9.17) is 0 Å². The highest BCUT2D eigenvalue weighted by atomic mass is 19.1. The minimum Gasteiger partial charge on any atom is -0.326 e. The van der Waals surface area contributed by atoms with Crippen LogP contribution in [0.4, 0.5) is 10.1 Å². The number of amides is 1. The van der Waals surface area contributed by atoms with Crippen LogP contribution in [0.5, 0.6) is 0 Å². The Morgan fingerprint density at radius 1 is 1.27 bits per heavy atom. The Balaban J connectivity index is 1.61. The number of aryl methyl sites for hydroxylation is 3. The van der Waals surface area contributed by atoms with E-state index >= 15 is 0 Å². The summed E-state index contributed by atoms with van der Waals surface area (Å²) in [4.78, 5) is 12.3. The van der Waals surface area contributed by atoms with Gasteiger partial charge < -0.3 is 9.88 Å². The SMILES string of the molecule is Cc1cc(F)ccc1NC(=O)CCc1nnc(CCC(C)C)n1C1CC1. The first kappa shape index (κ1) is 18.5. The molecule has 140 valence electrons. The molecular weight excluding hydrogens is 331 g/mol. The van der Waals surface area contributed by atoms with Gasteiger partial charge in [-0.15, -0.1) is 10.2 Å². The van der Waals surface area contributed by atoms with Gasteiger partial charge in [0.05, 0.1) is 0 Å². The van der Waals surface area contributed by atoms with Gasteiger partial charge in [-0.05, 0) is 55.9 Å². The number of nitrogens with one attached hydrogen (secondary N) is 1. The second-order valence-corrected chi connectivity index (χ2v) is 7.57. The topological polar surface area (TPSA) is 59.8 Å². The van der Waals surface area contributed by atoms with Gasteiger partial charge in [0.15, 0.2) is 0 Å². The summed E-state index contributed by atoms with van der Waals surface area (Å²) < 4.78 is 15.4. The summed E-state index contributed by atoms with van der Waals surface area (Å²) in [7, 11) is 0. The van der Waals surface area contributed by atoms with E-state index in [1.54, 1.807) is 13.0 Å². The van der Waals surface area contributed by atoms with E-state index in [1.165, 1.54) is 25.0 Å². The Morgan fingerprint density at radius 3 is 2.58 bits per heavy atom. The fourth-order valence-electron chi connectivity index (χ4n) is 3.08. The lowest BCUT2D eigenvalue weighted by Crippen LogP contribution is -2.15. The van der Waals surface area contributed by atoms with Gasteiger partial charge >= 0.3 is 0 Å². The monoisotopic (exact) mass is 358 g/mol. The van der Waals surface area contributed by atoms with E-state index < -0.39 is 0 Å². The Morgan fingerprint density at radius 2 is 1.96 bits per heavy atom. The van der Waals surface area contributed by atoms with Crippen LogP contribution in [0.3, 0.4) is 0 Å². The van der Waals surface area contributed by atoms with Crippen LogP contribution in [0, 0.1) is 18.7 Å². The lowest BCUT2D eigenvalue weighted by atomic mass is 10.1. The molecule has 6 heteroatoms. The summed E-state index contributed by atoms with van der Waals surface area (Å²) in [5, 5.41) is 11.6. The van der Waals surface area contributed by atoms with Crippen molar-refractivity contribution in [3.8, 4) is 0 Å². The first-order valence-corrected chi connectivity index (χ1v) is 9.42. The Labute approximate surface area is 154 Å². The van der Waals surface area contributed by atoms with Crippen molar-refractivity contribution in [2.75, 3.05) is 5.32 Å². The number of hydrogen-bond donors (Lipinski definition) is 1. The molecule has 3 rings (SSSR count). The van der Waals surface area contributed by atoms with Crippen molar-refractivity contribution < 1.29 is 9.18 Å². The second kappa shape index (κ2) is 7.98. The molecule has 0 radical (unpaired) electrons. The van der Waals surface area contributed by atoms with Gasteiger partial charge in [-0.3, -0.25) is 4.79 Å². The molecule has 1 aromatic heterocycles. The maximum atomic E-state index is 13.2. The minimum atomic E-state index is -0.299. The molecule has 1 N–H and O–H groups in total. The van der Waals surface area contributed by atoms with E-state index in [0.717, 1.165) is 30.1 Å². The van der Waals surface area contributed by atoms with Crippen LogP contribution in [0.25, 0.3) is 0 Å². The highest BCUT2D eigenvalue weighted by Gasteiger charge is 2.29. The van der Waals surface area contributed by atoms with Crippen LogP contribution in [0.2, 0.25) is 0 Å². The van der Waals surface area contributed by atoms with Crippen molar-refractivity contribution >= 4 is 11.6 Å². The smallest absolute Gasteiger partial charge is 0.224 e. The van der Waals surface area contributed by atoms with Gasteiger partial charge in [0.25, 0.3) is 0 Å². The normalized spacial score (nSPS) is 14.0. The largest absolute Gasteiger partial charge is 0.326 e. The van der Waals surface area contributed by atoms with Crippen molar-refractivity contribution in [2.24, 2.45) is 5.92 Å². The van der Waals surface area contributed by atoms with Gasteiger partial charge in [0, 0.05) is 31.0 Å². The van der Waals surface area contributed by atoms with E-state index in [1.807, 2.05) is 0 Å². The average Bonchev–Trinajstić information content (AvgIpc) is 3.34. The zero-order valence-corrected chi connectivity index (χ0v) is 15.8. The van der Waals surface area contributed by atoms with Crippen LogP contribution in [0.15, 0.2) is 18.2 Å². The van der Waals surface area contributed by atoms with E-state index in [2.05, 4.69) is 33.9 Å². The molecule has 1 aliphatic rings. The number of carbonyl (C=O) groups is 1. The summed E-state index contributed by atoms with van der Waals surface area (Å²) >= 11 is 0. The molecule has 0 bridgehead atoms. The molecule has 0 atom stereocenters. The number of rotatable bonds is 8. The summed E-state index contributed by atoms with van der Waals surface area (Å²) in [6, 6.07) is 4.87. The number of aromatic nitrogens is 3. The fraction of sp³-hybridized carbons (Fsp3) is 0.550. The van der Waals surface area contributed by atoms with E-state index in [9.17, 15) is 9.18 Å². The number of carbonyl (C=O) groups excluding carboxylic acids is 1. The number of halogens is 1. The van der Waals surface area contributed by atoms with E-state index in [-0.39, 0.29) is 11.7 Å². The summed E-state index contributed by atoms with van der Waals surface area (Å²) in [6.07, 6.45) is 5.27. The standard InChI is InChI=1S/C20H27FN4O/c1-13(2)4-9-18-23-24-19(25(18)16-6-7-16)10-11-20(26)22-17-8-5-15(21)12-14(17)3/h5,8,12-13,16H,4,6-7,9-11H2,1-3H3,(H,22,26). The minimum absolute atomic E-state index is 0.0891. The quantitative estimate of drug-likeness (QED) is 0.768. The third kappa shape index (κ3) is 4.68. The van der Waals surface area contributed by atoms with Crippen molar-refractivity contribution in [1.82, 2.24) is 14.8 Å². The molecule has 26 heavy (non-hydrogen) atoms. The van der Waals surface area contributed by atoms with Crippen LogP contribution in [-0.2, 0) is 17.6 Å². The van der Waals surface area contributed by atoms with Gasteiger partial charge in [0.2, 0.25) is 5.91 Å². The zero-order valence-electron chi connectivity index (χ0n) is 15.8. The number of nitrogens with zero attached hydrogens (tertiary/aromatic N) is 3. The molecule has 1 aliphatic carbocycles. The van der Waals surface area contributed by atoms with Gasteiger partial charge in [-0.25, -0.2) is 4.39 Å². The predicted molar refractivity (Wildman–Crippen MR) is 99.5 cm³/mol. The predicted octanol–water partition coefficient (Wildman–Crippen LogP) is 4.22. The number of anilines is 1. The maximum Gasteiger partial charge on any atom is 0.224 e. The van der Waals surface area contributed by atoms with Crippen LogP contribution >= 0.6 is 0 Å². The molecular formula is C20H27FN4O. The molecule has 0 saturated heterocycles. The lowest BCUT2D eigenvalue weighted by molar-refractivity contribution is -0.116. The summed E-state index contributed by atoms with van der Waals surface area (Å²) in [5.74, 6) is 2.19. The first-order valence-electron chi connectivity index (χ1n) is 9.42. The molecule has 1 fully saturated rings. The third-order valence-corrected chi connectivity index (χ3v) is 4.73. The van der Waals surface area contributed by atoms with Crippen LogP contribution in [0.1, 0.15) is 62.8 Å². The first-order chi connectivity index (χ1) is 12.4. The highest BCUT2D eigenvalue weighted by Crippen LogP contribution is 2.37. The zero-order chi connectivity index (χ0) is 18.7. The van der Waals surface area contributed by atoms with Crippen LogP contribution < -0.4 is 5.32 Å². The average molecular weight is 358 g/mol. The molecule has 0 spiro atoms. The molecule has 1 amide bonds. The fourth-order valence-corrected chi connectivity index (χ4v) is 3.08. The molecule has 5 nitrogen and oxygen atoms in total. The van der Waals surface area contributed by atoms with Gasteiger partial charge in [-0.2, -0.15) is 0 Å². The molecule has 1 heterocycles. The second-order valence-electron chi connectivity index (χ2n) is 7.57. The van der Waals surface area contributed by atoms with Gasteiger partial charge in [-0.1, -0.05) is 13.8 Å². The number of hydrogen-bond acceptors (Lipinski definition) is 3. The highest BCUT2D eigenvalue weighted by molar-refractivity contribution is 5.91. The van der Waals surface area contributed by atoms with E-state index in [0.29, 0.717) is 30.5 Å². The van der Waals surface area contributed by atoms with Crippen LogP contribution in [-0.4, -0.2) is 20.7 Å². The summed E-state index contributed by atoms with van der Waals surface area (Å²) in [5.41, 5.74) is 1.37. The summed E-state index contributed by atoms with van der Waals surface area (Å²) in [6.45, 7) is 6.20. The van der Waals surface area contributed by atoms with Gasteiger partial charge in [0.1, 0.15) is 17.5 Å². The van der Waals surface area contributed by atoms with Crippen molar-refractivity contribution in [3.05, 3.63) is 41.2 Å². The lowest BCUT2D eigenvalue weighted by Gasteiger charge is -2.11. The maximum absolute atomic E-state index is 13.2. The Kier molecular flexibility index (Phi) is 5.69. The Bertz CT molecular complexity index is 780. The molecule has 1 aromatic carbocycles. The molecule has 0 aliphatic heterocycles. The van der Waals surface area contributed by atoms with Crippen molar-refractivity contribution in [1.29, 1.82) is 0 Å². The Hall–Kier alpha value is -2.24. The van der Waals surface area contributed by atoms with Crippen molar-refractivity contribution in [3.63, 3.8) is 0 Å².